The van der Waals surface area contributed by atoms with E-state index in [-0.39, 0.29) is 33.6 Å². The summed E-state index contributed by atoms with van der Waals surface area (Å²) < 4.78 is 69.8. The van der Waals surface area contributed by atoms with E-state index in [4.69, 9.17) is 23.2 Å². The van der Waals surface area contributed by atoms with E-state index in [0.717, 1.165) is 17.7 Å². The van der Waals surface area contributed by atoms with Crippen LogP contribution in [0.15, 0.2) is 102 Å². The molecule has 0 saturated carbocycles. The van der Waals surface area contributed by atoms with Crippen molar-refractivity contribution in [2.45, 2.75) is 37.0 Å². The van der Waals surface area contributed by atoms with Gasteiger partial charge in [-0.3, -0.25) is 13.9 Å². The van der Waals surface area contributed by atoms with Crippen molar-refractivity contribution in [3.63, 3.8) is 0 Å². The Kier molecular flexibility index (Phi) is 11.0. The van der Waals surface area contributed by atoms with Gasteiger partial charge in [-0.15, -0.1) is 0 Å². The molecule has 0 aliphatic carbocycles. The molecule has 242 valence electrons. The molecule has 0 bridgehead atoms. The fraction of sp³-hybridized carbons (Fsp3) is 0.212. The van der Waals surface area contributed by atoms with E-state index in [9.17, 15) is 31.2 Å². The lowest BCUT2D eigenvalue weighted by molar-refractivity contribution is -0.139. The number of hydrogen-bond acceptors (Lipinski definition) is 4. The third kappa shape index (κ3) is 8.39. The van der Waals surface area contributed by atoms with E-state index in [0.29, 0.717) is 21.5 Å². The van der Waals surface area contributed by atoms with Crippen molar-refractivity contribution in [2.24, 2.45) is 0 Å². The molecule has 0 aromatic heterocycles. The number of hydrogen-bond donors (Lipinski definition) is 1. The van der Waals surface area contributed by atoms with Crippen LogP contribution in [-0.2, 0) is 38.8 Å². The van der Waals surface area contributed by atoms with E-state index >= 15 is 0 Å². The molecule has 13 heteroatoms. The van der Waals surface area contributed by atoms with Crippen LogP contribution in [0.4, 0.5) is 18.9 Å². The Morgan fingerprint density at radius 1 is 0.848 bits per heavy atom. The van der Waals surface area contributed by atoms with Crippen LogP contribution < -0.4 is 9.62 Å². The Hall–Kier alpha value is -4.06. The van der Waals surface area contributed by atoms with Gasteiger partial charge in [-0.2, -0.15) is 13.2 Å². The monoisotopic (exact) mass is 691 g/mol. The van der Waals surface area contributed by atoms with Gasteiger partial charge >= 0.3 is 6.18 Å². The number of anilines is 1. The number of aryl methyl sites for hydroxylation is 1. The Morgan fingerprint density at radius 3 is 2.13 bits per heavy atom. The zero-order valence-corrected chi connectivity index (χ0v) is 27.1. The number of carbonyl (C=O) groups excluding carboxylic acids is 2. The minimum atomic E-state index is -4.78. The summed E-state index contributed by atoms with van der Waals surface area (Å²) >= 11 is 12.3. The first-order valence-corrected chi connectivity index (χ1v) is 16.2. The van der Waals surface area contributed by atoms with E-state index in [2.05, 4.69) is 5.32 Å². The number of halogens is 5. The molecule has 0 radical (unpaired) electrons. The molecule has 0 aliphatic heterocycles. The number of benzene rings is 4. The highest BCUT2D eigenvalue weighted by Gasteiger charge is 2.36. The molecule has 4 aromatic rings. The largest absolute Gasteiger partial charge is 0.416 e. The zero-order valence-electron chi connectivity index (χ0n) is 24.8. The van der Waals surface area contributed by atoms with Crippen molar-refractivity contribution >= 4 is 50.7 Å². The zero-order chi connectivity index (χ0) is 33.6. The van der Waals surface area contributed by atoms with Gasteiger partial charge in [0.05, 0.1) is 26.2 Å². The lowest BCUT2D eigenvalue weighted by atomic mass is 10.0. The molecule has 4 rings (SSSR count). The molecular formula is C33H30Cl2F3N3O4S. The average Bonchev–Trinajstić information content (AvgIpc) is 3.03. The second kappa shape index (κ2) is 14.6. The maximum absolute atomic E-state index is 14.3. The van der Waals surface area contributed by atoms with Gasteiger partial charge in [0.15, 0.2) is 0 Å². The number of carbonyl (C=O) groups is 2. The van der Waals surface area contributed by atoms with E-state index in [1.807, 2.05) is 0 Å². The molecule has 0 spiro atoms. The highest BCUT2D eigenvalue weighted by Crippen LogP contribution is 2.34. The number of sulfonamides is 1. The average molecular weight is 693 g/mol. The number of nitrogens with one attached hydrogen (secondary N) is 1. The molecule has 4 aromatic carbocycles. The summed E-state index contributed by atoms with van der Waals surface area (Å²) in [7, 11) is -3.18. The van der Waals surface area contributed by atoms with Gasteiger partial charge in [0.25, 0.3) is 10.0 Å². The molecule has 7 nitrogen and oxygen atoms in total. The lowest BCUT2D eigenvalue weighted by Crippen LogP contribution is -2.53. The molecule has 2 amide bonds. The van der Waals surface area contributed by atoms with Crippen LogP contribution in [0.1, 0.15) is 22.3 Å². The highest BCUT2D eigenvalue weighted by molar-refractivity contribution is 7.92. The Morgan fingerprint density at radius 2 is 1.52 bits per heavy atom. The fourth-order valence-corrected chi connectivity index (χ4v) is 6.49. The molecule has 1 unspecified atom stereocenters. The third-order valence-electron chi connectivity index (χ3n) is 7.20. The van der Waals surface area contributed by atoms with Crippen molar-refractivity contribution in [1.82, 2.24) is 10.2 Å². The van der Waals surface area contributed by atoms with Crippen LogP contribution in [0.5, 0.6) is 0 Å². The topological polar surface area (TPSA) is 86.8 Å². The molecule has 0 heterocycles. The normalized spacial score (nSPS) is 12.3. The first-order valence-electron chi connectivity index (χ1n) is 14.0. The maximum atomic E-state index is 14.3. The summed E-state index contributed by atoms with van der Waals surface area (Å²) in [5.41, 5.74) is 0.476. The lowest BCUT2D eigenvalue weighted by Gasteiger charge is -2.33. The molecule has 0 saturated heterocycles. The second-order valence-electron chi connectivity index (χ2n) is 10.5. The third-order valence-corrected chi connectivity index (χ3v) is 9.73. The minimum absolute atomic E-state index is 0.0574. The van der Waals surface area contributed by atoms with Crippen LogP contribution in [-0.4, -0.2) is 44.8 Å². The van der Waals surface area contributed by atoms with Crippen molar-refractivity contribution in [2.75, 3.05) is 17.9 Å². The van der Waals surface area contributed by atoms with Gasteiger partial charge in [0.2, 0.25) is 11.8 Å². The first-order chi connectivity index (χ1) is 21.7. The molecule has 0 fully saturated rings. The standard InChI is InChI=1S/C33H30Cl2F3N3O4S/c1-22-11-14-27(15-12-22)46(44,45)41(26-10-6-9-25(19-26)33(36,37)38)21-31(42)40(20-24-13-16-28(34)29(35)17-24)30(32(43)39-2)18-23-7-4-3-5-8-23/h3-17,19,30H,18,20-21H2,1-2H3,(H,39,43). The van der Waals surface area contributed by atoms with Crippen molar-refractivity contribution in [3.05, 3.63) is 129 Å². The molecule has 1 atom stereocenters. The highest BCUT2D eigenvalue weighted by atomic mass is 35.5. The van der Waals surface area contributed by atoms with Crippen molar-refractivity contribution in [3.8, 4) is 0 Å². The van der Waals surface area contributed by atoms with Crippen molar-refractivity contribution < 1.29 is 31.2 Å². The van der Waals surface area contributed by atoms with Crippen molar-refractivity contribution in [1.29, 1.82) is 0 Å². The number of likely N-dealkylation sites (N-methyl/N-ethyl adjacent to an activating group) is 1. The summed E-state index contributed by atoms with van der Waals surface area (Å²) in [6.45, 7) is 0.639. The molecule has 1 N–H and O–H groups in total. The Labute approximate surface area is 275 Å². The molecule has 0 aliphatic rings. The van der Waals surface area contributed by atoms with E-state index in [1.54, 1.807) is 43.3 Å². The quantitative estimate of drug-likeness (QED) is 0.185. The number of nitrogens with zero attached hydrogens (tertiary/aromatic N) is 2. The summed E-state index contributed by atoms with van der Waals surface area (Å²) in [6.07, 6.45) is -4.72. The molecule has 46 heavy (non-hydrogen) atoms. The van der Waals surface area contributed by atoms with Crippen LogP contribution in [0, 0.1) is 6.92 Å². The van der Waals surface area contributed by atoms with Gasteiger partial charge in [-0.05, 0) is 60.5 Å². The summed E-state index contributed by atoms with van der Waals surface area (Å²) in [6, 6.07) is 21.8. The minimum Gasteiger partial charge on any atom is -0.357 e. The smallest absolute Gasteiger partial charge is 0.357 e. The van der Waals surface area contributed by atoms with Crippen LogP contribution in [0.2, 0.25) is 10.0 Å². The SMILES string of the molecule is CNC(=O)C(Cc1ccccc1)N(Cc1ccc(Cl)c(Cl)c1)C(=O)CN(c1cccc(C(F)(F)F)c1)S(=O)(=O)c1ccc(C)cc1. The van der Waals surface area contributed by atoms with Gasteiger partial charge < -0.3 is 10.2 Å². The van der Waals surface area contributed by atoms with Gasteiger partial charge in [-0.25, -0.2) is 8.42 Å². The van der Waals surface area contributed by atoms with Crippen LogP contribution >= 0.6 is 23.2 Å². The Bertz CT molecular complexity index is 1810. The predicted molar refractivity (Wildman–Crippen MR) is 172 cm³/mol. The van der Waals surface area contributed by atoms with Crippen LogP contribution in [0.3, 0.4) is 0 Å². The Balaban J connectivity index is 1.84. The fourth-order valence-electron chi connectivity index (χ4n) is 4.76. The predicted octanol–water partition coefficient (Wildman–Crippen LogP) is 6.90. The number of rotatable bonds is 11. The van der Waals surface area contributed by atoms with Gasteiger partial charge in [0.1, 0.15) is 12.6 Å². The molecular weight excluding hydrogens is 662 g/mol. The summed E-state index contributed by atoms with van der Waals surface area (Å²) in [4.78, 5) is 28.6. The van der Waals surface area contributed by atoms with Gasteiger partial charge in [0, 0.05) is 20.0 Å². The first kappa shape index (κ1) is 34.8. The summed E-state index contributed by atoms with van der Waals surface area (Å²) in [5.74, 6) is -1.38. The van der Waals surface area contributed by atoms with E-state index in [1.165, 1.54) is 54.4 Å². The number of alkyl halides is 3. The summed E-state index contributed by atoms with van der Waals surface area (Å²) in [5, 5.41) is 3.01. The number of amides is 2. The van der Waals surface area contributed by atoms with E-state index < -0.39 is 46.2 Å². The maximum Gasteiger partial charge on any atom is 0.416 e. The van der Waals surface area contributed by atoms with Gasteiger partial charge in [-0.1, -0.05) is 83.4 Å². The second-order valence-corrected chi connectivity index (χ2v) is 13.1. The van der Waals surface area contributed by atoms with Crippen LogP contribution in [0.25, 0.3) is 0 Å².